The number of carboxylic acids is 4. The molecule has 0 heterocycles. The summed E-state index contributed by atoms with van der Waals surface area (Å²) >= 11 is 0. The molecular formula is C22H6F10O9. The predicted molar refractivity (Wildman–Crippen MR) is 104 cm³/mol. The van der Waals surface area contributed by atoms with Crippen molar-refractivity contribution >= 4 is 23.9 Å². The summed E-state index contributed by atoms with van der Waals surface area (Å²) in [6, 6.07) is 0. The van der Waals surface area contributed by atoms with E-state index in [0.29, 0.717) is 0 Å². The number of carboxylic acid groups (broad SMARTS) is 4. The highest BCUT2D eigenvalue weighted by Gasteiger charge is 2.61. The van der Waals surface area contributed by atoms with Crippen LogP contribution in [0.25, 0.3) is 0 Å². The largest absolute Gasteiger partial charge is 0.480 e. The molecule has 218 valence electrons. The molecule has 0 aromatic heterocycles. The van der Waals surface area contributed by atoms with Gasteiger partial charge >= 0.3 is 23.9 Å². The van der Waals surface area contributed by atoms with Crippen LogP contribution in [0.4, 0.5) is 43.9 Å². The van der Waals surface area contributed by atoms with Gasteiger partial charge in [0.15, 0.2) is 29.0 Å². The molecule has 0 aliphatic heterocycles. The van der Waals surface area contributed by atoms with E-state index in [9.17, 15) is 83.5 Å². The fraction of sp³-hybridized carbons (Fsp3) is 0.0909. The highest BCUT2D eigenvalue weighted by Crippen LogP contribution is 2.48. The normalized spacial score (nSPS) is 20.2. The van der Waals surface area contributed by atoms with Crippen LogP contribution in [0.15, 0.2) is 23.3 Å². The van der Waals surface area contributed by atoms with E-state index in [1.165, 1.54) is 0 Å². The van der Waals surface area contributed by atoms with E-state index in [1.807, 2.05) is 0 Å². The monoisotopic (exact) mass is 604 g/mol. The molecule has 0 saturated carbocycles. The van der Waals surface area contributed by atoms with E-state index < -0.39 is 128 Å². The van der Waals surface area contributed by atoms with Gasteiger partial charge in [0, 0.05) is 0 Å². The summed E-state index contributed by atoms with van der Waals surface area (Å²) in [4.78, 5) is 48.6. The van der Waals surface area contributed by atoms with Crippen molar-refractivity contribution in [2.24, 2.45) is 0 Å². The fourth-order valence-electron chi connectivity index (χ4n) is 3.83. The number of hydrogen-bond acceptors (Lipinski definition) is 5. The van der Waals surface area contributed by atoms with Gasteiger partial charge in [0.05, 0.1) is 16.7 Å². The summed E-state index contributed by atoms with van der Waals surface area (Å²) in [5, 5.41) is 38.7. The Labute approximate surface area is 216 Å². The molecule has 0 amide bonds. The Hall–Kier alpha value is -5.10. The maximum atomic E-state index is 14.7. The zero-order valence-electron chi connectivity index (χ0n) is 18.8. The molecule has 0 fully saturated rings. The quantitative estimate of drug-likeness (QED) is 0.211. The van der Waals surface area contributed by atoms with Crippen molar-refractivity contribution in [1.82, 2.24) is 0 Å². The van der Waals surface area contributed by atoms with Crippen molar-refractivity contribution in [3.63, 3.8) is 0 Å². The Bertz CT molecular complexity index is 1590. The standard InChI is InChI=1S/C22H6F10O9/c23-6-5(7(24)9(26)10(27)8(6)25)21(19(37)38)1-4(18(35)36)22(20(39)40,2-3(21)17(33)34)41-16-14(31)12(29)11(28)13(30)15(16)32/h1-2H,(H,33,34)(H,35,36)(H,37,38)(H,39,40). The van der Waals surface area contributed by atoms with Gasteiger partial charge in [-0.25, -0.2) is 49.5 Å². The van der Waals surface area contributed by atoms with Gasteiger partial charge < -0.3 is 25.2 Å². The average molecular weight is 604 g/mol. The molecule has 3 rings (SSSR count). The summed E-state index contributed by atoms with van der Waals surface area (Å²) in [5.74, 6) is -42.9. The lowest BCUT2D eigenvalue weighted by Gasteiger charge is -2.38. The Kier molecular flexibility index (Phi) is 7.29. The topological polar surface area (TPSA) is 158 Å². The lowest BCUT2D eigenvalue weighted by Crippen LogP contribution is -2.54. The van der Waals surface area contributed by atoms with Gasteiger partial charge in [-0.15, -0.1) is 0 Å². The maximum Gasteiger partial charge on any atom is 0.357 e. The van der Waals surface area contributed by atoms with Crippen LogP contribution in [0, 0.1) is 58.2 Å². The molecule has 2 atom stereocenters. The summed E-state index contributed by atoms with van der Waals surface area (Å²) in [7, 11) is 0. The van der Waals surface area contributed by atoms with Gasteiger partial charge in [0.2, 0.25) is 34.9 Å². The molecule has 19 heteroatoms. The molecule has 4 N–H and O–H groups in total. The number of aliphatic carboxylic acids is 4. The lowest BCUT2D eigenvalue weighted by atomic mass is 9.65. The van der Waals surface area contributed by atoms with Crippen LogP contribution < -0.4 is 4.74 Å². The Morgan fingerprint density at radius 1 is 0.512 bits per heavy atom. The van der Waals surface area contributed by atoms with Gasteiger partial charge in [-0.05, 0) is 12.2 Å². The van der Waals surface area contributed by atoms with Gasteiger partial charge in [0.1, 0.15) is 5.41 Å². The Morgan fingerprint density at radius 3 is 1.22 bits per heavy atom. The molecule has 2 aromatic carbocycles. The molecular weight excluding hydrogens is 598 g/mol. The third kappa shape index (κ3) is 4.11. The van der Waals surface area contributed by atoms with Crippen molar-refractivity contribution < 1.29 is 88.2 Å². The number of benzene rings is 2. The highest BCUT2D eigenvalue weighted by atomic mass is 19.2. The minimum Gasteiger partial charge on any atom is -0.480 e. The third-order valence-electron chi connectivity index (χ3n) is 5.69. The van der Waals surface area contributed by atoms with E-state index in [4.69, 9.17) is 0 Å². The van der Waals surface area contributed by atoms with Crippen LogP contribution in [0.5, 0.6) is 5.75 Å². The number of ether oxygens (including phenoxy) is 1. The third-order valence-corrected chi connectivity index (χ3v) is 5.69. The van der Waals surface area contributed by atoms with E-state index in [-0.39, 0.29) is 0 Å². The molecule has 41 heavy (non-hydrogen) atoms. The zero-order chi connectivity index (χ0) is 31.5. The molecule has 1 aliphatic rings. The predicted octanol–water partition coefficient (Wildman–Crippen LogP) is 3.34. The number of halogens is 10. The summed E-state index contributed by atoms with van der Waals surface area (Å²) in [5.41, 5.74) is -15.7. The van der Waals surface area contributed by atoms with Crippen LogP contribution in [0.2, 0.25) is 0 Å². The van der Waals surface area contributed by atoms with Crippen molar-refractivity contribution in [3.05, 3.63) is 87.0 Å². The molecule has 2 unspecified atom stereocenters. The van der Waals surface area contributed by atoms with Crippen LogP contribution in [-0.4, -0.2) is 49.9 Å². The molecule has 9 nitrogen and oxygen atoms in total. The van der Waals surface area contributed by atoms with Crippen LogP contribution >= 0.6 is 0 Å². The van der Waals surface area contributed by atoms with Crippen molar-refractivity contribution in [2.75, 3.05) is 0 Å². The first-order valence-electron chi connectivity index (χ1n) is 9.91. The van der Waals surface area contributed by atoms with Crippen molar-refractivity contribution in [3.8, 4) is 5.75 Å². The first kappa shape index (κ1) is 30.4. The number of carbonyl (C=O) groups is 4. The van der Waals surface area contributed by atoms with E-state index >= 15 is 0 Å². The maximum absolute atomic E-state index is 14.7. The molecule has 1 aliphatic carbocycles. The van der Waals surface area contributed by atoms with E-state index in [2.05, 4.69) is 4.74 Å². The molecule has 0 bridgehead atoms. The fourth-order valence-corrected chi connectivity index (χ4v) is 3.83. The second-order valence-electron chi connectivity index (χ2n) is 7.83. The molecule has 0 saturated heterocycles. The van der Waals surface area contributed by atoms with Gasteiger partial charge in [0.25, 0.3) is 5.60 Å². The second kappa shape index (κ2) is 9.82. The minimum atomic E-state index is -4.32. The SMILES string of the molecule is O=C(O)C1=CC(C(=O)O)(c2c(F)c(F)c(F)c(F)c2F)C(C(=O)O)=CC1(Oc1c(F)c(F)c(F)c(F)c1F)C(=O)O. The summed E-state index contributed by atoms with van der Waals surface area (Å²) in [6.07, 6.45) is -1.41. The van der Waals surface area contributed by atoms with Gasteiger partial charge in [-0.3, -0.25) is 4.79 Å². The summed E-state index contributed by atoms with van der Waals surface area (Å²) in [6.45, 7) is 0. The average Bonchev–Trinajstić information content (AvgIpc) is 2.90. The smallest absolute Gasteiger partial charge is 0.357 e. The molecule has 0 spiro atoms. The van der Waals surface area contributed by atoms with Gasteiger partial charge in [-0.2, -0.15) is 8.78 Å². The second-order valence-corrected chi connectivity index (χ2v) is 7.83. The Morgan fingerprint density at radius 2 is 0.878 bits per heavy atom. The summed E-state index contributed by atoms with van der Waals surface area (Å²) < 4.78 is 145. The lowest BCUT2D eigenvalue weighted by molar-refractivity contribution is -0.153. The number of hydrogen-bond donors (Lipinski definition) is 4. The number of rotatable bonds is 7. The zero-order valence-corrected chi connectivity index (χ0v) is 18.8. The van der Waals surface area contributed by atoms with Crippen LogP contribution in [0.1, 0.15) is 5.56 Å². The molecule has 0 radical (unpaired) electrons. The first-order chi connectivity index (χ1) is 18.8. The van der Waals surface area contributed by atoms with Crippen molar-refractivity contribution in [2.45, 2.75) is 11.0 Å². The van der Waals surface area contributed by atoms with E-state index in [0.717, 1.165) is 0 Å². The first-order valence-corrected chi connectivity index (χ1v) is 9.91. The van der Waals surface area contributed by atoms with Crippen LogP contribution in [0.3, 0.4) is 0 Å². The van der Waals surface area contributed by atoms with Crippen LogP contribution in [-0.2, 0) is 24.6 Å². The molecule has 2 aromatic rings. The van der Waals surface area contributed by atoms with Gasteiger partial charge in [-0.1, -0.05) is 0 Å². The Balaban J connectivity index is 2.59. The highest BCUT2D eigenvalue weighted by molar-refractivity contribution is 6.10. The van der Waals surface area contributed by atoms with Crippen molar-refractivity contribution in [1.29, 1.82) is 0 Å². The van der Waals surface area contributed by atoms with E-state index in [1.54, 1.807) is 0 Å². The minimum absolute atomic E-state index is 0.703.